The molecule has 0 saturated carbocycles. The summed E-state index contributed by atoms with van der Waals surface area (Å²) in [4.78, 5) is 26.8. The predicted molar refractivity (Wildman–Crippen MR) is 113 cm³/mol. The molecule has 1 aliphatic rings. The molecular weight excluding hydrogens is 370 g/mol. The molecule has 1 aliphatic heterocycles. The van der Waals surface area contributed by atoms with Crippen LogP contribution < -0.4 is 10.6 Å². The van der Waals surface area contributed by atoms with E-state index in [1.807, 2.05) is 30.3 Å². The second kappa shape index (κ2) is 11.0. The van der Waals surface area contributed by atoms with Crippen LogP contribution >= 0.6 is 11.3 Å². The van der Waals surface area contributed by atoms with Gasteiger partial charge in [-0.05, 0) is 60.3 Å². The van der Waals surface area contributed by atoms with Crippen LogP contribution in [-0.4, -0.2) is 42.9 Å². The number of nitrogens with one attached hydrogen (secondary N) is 2. The Morgan fingerprint density at radius 2 is 1.68 bits per heavy atom. The van der Waals surface area contributed by atoms with Gasteiger partial charge in [0.25, 0.3) is 0 Å². The number of thiophene rings is 1. The largest absolute Gasteiger partial charge is 0.348 e. The van der Waals surface area contributed by atoms with Crippen LogP contribution in [-0.2, 0) is 16.0 Å². The van der Waals surface area contributed by atoms with Crippen molar-refractivity contribution < 1.29 is 9.59 Å². The summed E-state index contributed by atoms with van der Waals surface area (Å²) in [5.74, 6) is -1.11. The summed E-state index contributed by atoms with van der Waals surface area (Å²) in [5, 5.41) is 9.77. The Morgan fingerprint density at radius 1 is 0.964 bits per heavy atom. The Balaban J connectivity index is 1.49. The number of likely N-dealkylation sites (tertiary alicyclic amines) is 1. The monoisotopic (exact) mass is 399 g/mol. The molecule has 28 heavy (non-hydrogen) atoms. The van der Waals surface area contributed by atoms with Gasteiger partial charge in [-0.1, -0.05) is 43.2 Å². The molecule has 150 valence electrons. The van der Waals surface area contributed by atoms with Crippen LogP contribution in [0, 0.1) is 0 Å². The first-order chi connectivity index (χ1) is 13.7. The summed E-state index contributed by atoms with van der Waals surface area (Å²) in [7, 11) is 0. The van der Waals surface area contributed by atoms with Crippen LogP contribution in [0.2, 0.25) is 0 Å². The maximum atomic E-state index is 12.3. The molecule has 2 amide bonds. The van der Waals surface area contributed by atoms with E-state index in [9.17, 15) is 9.59 Å². The Hall–Kier alpha value is -2.18. The van der Waals surface area contributed by atoms with Crippen molar-refractivity contribution in [2.75, 3.05) is 26.2 Å². The van der Waals surface area contributed by atoms with Crippen molar-refractivity contribution in [1.82, 2.24) is 15.5 Å². The second-order valence-electron chi connectivity index (χ2n) is 7.22. The number of benzene rings is 1. The van der Waals surface area contributed by atoms with Crippen LogP contribution in [0.4, 0.5) is 0 Å². The van der Waals surface area contributed by atoms with Gasteiger partial charge in [0, 0.05) is 13.1 Å². The molecule has 2 aromatic rings. The molecule has 0 radical (unpaired) electrons. The lowest BCUT2D eigenvalue weighted by Gasteiger charge is -2.30. The SMILES string of the molecule is O=C(NCCc1ccccc1)C(=O)NC[C@H](c1ccsc1)N1CCCCCC1. The van der Waals surface area contributed by atoms with Gasteiger partial charge in [-0.25, -0.2) is 0 Å². The van der Waals surface area contributed by atoms with Crippen LogP contribution in [0.3, 0.4) is 0 Å². The van der Waals surface area contributed by atoms with Gasteiger partial charge in [0.2, 0.25) is 0 Å². The summed E-state index contributed by atoms with van der Waals surface area (Å²) in [6.45, 7) is 3.00. The quantitative estimate of drug-likeness (QED) is 0.703. The van der Waals surface area contributed by atoms with Crippen molar-refractivity contribution in [3.8, 4) is 0 Å². The molecule has 1 aromatic heterocycles. The molecule has 3 rings (SSSR count). The molecule has 6 heteroatoms. The van der Waals surface area contributed by atoms with Crippen LogP contribution in [0.5, 0.6) is 0 Å². The van der Waals surface area contributed by atoms with E-state index in [-0.39, 0.29) is 6.04 Å². The fourth-order valence-corrected chi connectivity index (χ4v) is 4.35. The van der Waals surface area contributed by atoms with Gasteiger partial charge in [-0.3, -0.25) is 14.5 Å². The normalized spacial score (nSPS) is 16.1. The van der Waals surface area contributed by atoms with Gasteiger partial charge in [-0.15, -0.1) is 0 Å². The summed E-state index contributed by atoms with van der Waals surface area (Å²) in [6, 6.07) is 12.2. The van der Waals surface area contributed by atoms with Crippen molar-refractivity contribution in [1.29, 1.82) is 0 Å². The van der Waals surface area contributed by atoms with Crippen molar-refractivity contribution in [2.24, 2.45) is 0 Å². The highest BCUT2D eigenvalue weighted by Gasteiger charge is 2.23. The molecule has 1 aromatic carbocycles. The number of nitrogens with zero attached hydrogens (tertiary/aromatic N) is 1. The molecule has 1 atom stereocenters. The Bertz CT molecular complexity index is 726. The van der Waals surface area contributed by atoms with Gasteiger partial charge >= 0.3 is 11.8 Å². The first-order valence-electron chi connectivity index (χ1n) is 10.1. The lowest BCUT2D eigenvalue weighted by molar-refractivity contribution is -0.139. The minimum atomic E-state index is -0.559. The van der Waals surface area contributed by atoms with E-state index in [0.717, 1.165) is 18.7 Å². The predicted octanol–water partition coefficient (Wildman–Crippen LogP) is 3.14. The van der Waals surface area contributed by atoms with E-state index in [1.165, 1.54) is 31.2 Å². The summed E-state index contributed by atoms with van der Waals surface area (Å²) < 4.78 is 0. The van der Waals surface area contributed by atoms with Gasteiger partial charge in [-0.2, -0.15) is 11.3 Å². The number of carbonyl (C=O) groups excluding carboxylic acids is 2. The van der Waals surface area contributed by atoms with E-state index in [2.05, 4.69) is 32.4 Å². The highest BCUT2D eigenvalue weighted by atomic mass is 32.1. The third-order valence-electron chi connectivity index (χ3n) is 5.21. The zero-order chi connectivity index (χ0) is 19.6. The van der Waals surface area contributed by atoms with E-state index in [4.69, 9.17) is 0 Å². The lowest BCUT2D eigenvalue weighted by Crippen LogP contribution is -2.44. The third-order valence-corrected chi connectivity index (χ3v) is 5.92. The van der Waals surface area contributed by atoms with Crippen molar-refractivity contribution in [3.05, 3.63) is 58.3 Å². The van der Waals surface area contributed by atoms with Crippen molar-refractivity contribution in [2.45, 2.75) is 38.1 Å². The lowest BCUT2D eigenvalue weighted by atomic mass is 10.1. The third kappa shape index (κ3) is 6.17. The Morgan fingerprint density at radius 3 is 2.36 bits per heavy atom. The maximum Gasteiger partial charge on any atom is 0.309 e. The average molecular weight is 400 g/mol. The minimum Gasteiger partial charge on any atom is -0.348 e. The second-order valence-corrected chi connectivity index (χ2v) is 8.00. The molecule has 2 heterocycles. The van der Waals surface area contributed by atoms with E-state index < -0.39 is 11.8 Å². The molecule has 2 N–H and O–H groups in total. The van der Waals surface area contributed by atoms with Gasteiger partial charge in [0.1, 0.15) is 0 Å². The minimum absolute atomic E-state index is 0.130. The summed E-state index contributed by atoms with van der Waals surface area (Å²) in [5.41, 5.74) is 2.36. The zero-order valence-electron chi connectivity index (χ0n) is 16.2. The van der Waals surface area contributed by atoms with Crippen LogP contribution in [0.1, 0.15) is 42.9 Å². The molecule has 5 nitrogen and oxygen atoms in total. The fraction of sp³-hybridized carbons (Fsp3) is 0.455. The number of amides is 2. The summed E-state index contributed by atoms with van der Waals surface area (Å²) in [6.07, 6.45) is 5.63. The van der Waals surface area contributed by atoms with Crippen molar-refractivity contribution in [3.63, 3.8) is 0 Å². The van der Waals surface area contributed by atoms with Crippen molar-refractivity contribution >= 4 is 23.2 Å². The molecule has 0 aliphatic carbocycles. The molecule has 0 spiro atoms. The number of hydrogen-bond donors (Lipinski definition) is 2. The van der Waals surface area contributed by atoms with E-state index in [1.54, 1.807) is 11.3 Å². The first kappa shape index (κ1) is 20.6. The Labute approximate surface area is 171 Å². The zero-order valence-corrected chi connectivity index (χ0v) is 17.0. The van der Waals surface area contributed by atoms with E-state index >= 15 is 0 Å². The fourth-order valence-electron chi connectivity index (χ4n) is 3.64. The number of rotatable bonds is 7. The first-order valence-corrected chi connectivity index (χ1v) is 11.0. The maximum absolute atomic E-state index is 12.3. The highest BCUT2D eigenvalue weighted by Crippen LogP contribution is 2.25. The van der Waals surface area contributed by atoms with E-state index in [0.29, 0.717) is 19.5 Å². The molecule has 1 saturated heterocycles. The number of hydrogen-bond acceptors (Lipinski definition) is 4. The molecular formula is C22H29N3O2S. The molecule has 0 unspecified atom stereocenters. The Kier molecular flexibility index (Phi) is 8.06. The average Bonchev–Trinajstić information content (AvgIpc) is 3.11. The summed E-state index contributed by atoms with van der Waals surface area (Å²) >= 11 is 1.67. The van der Waals surface area contributed by atoms with Crippen LogP contribution in [0.15, 0.2) is 47.2 Å². The van der Waals surface area contributed by atoms with Gasteiger partial charge < -0.3 is 10.6 Å². The van der Waals surface area contributed by atoms with Gasteiger partial charge in [0.05, 0.1) is 6.04 Å². The topological polar surface area (TPSA) is 61.4 Å². The van der Waals surface area contributed by atoms with Crippen LogP contribution in [0.25, 0.3) is 0 Å². The molecule has 1 fully saturated rings. The number of carbonyl (C=O) groups is 2. The molecule has 0 bridgehead atoms. The standard InChI is InChI=1S/C22H29N3O2S/c26-21(23-12-10-18-8-4-3-5-9-18)22(27)24-16-20(19-11-15-28-17-19)25-13-6-1-2-7-14-25/h3-5,8-9,11,15,17,20H,1-2,6-7,10,12-14,16H2,(H,23,26)(H,24,27)/t20-/m1/s1. The smallest absolute Gasteiger partial charge is 0.309 e. The highest BCUT2D eigenvalue weighted by molar-refractivity contribution is 7.08. The van der Waals surface area contributed by atoms with Gasteiger partial charge in [0.15, 0.2) is 0 Å².